The van der Waals surface area contributed by atoms with E-state index in [9.17, 15) is 0 Å². The molecule has 7 heavy (non-hydrogen) atoms. The van der Waals surface area contributed by atoms with Gasteiger partial charge in [0.15, 0.2) is 0 Å². The molecule has 0 aliphatic heterocycles. The molecule has 0 amide bonds. The maximum absolute atomic E-state index is 8.11. The summed E-state index contributed by atoms with van der Waals surface area (Å²) >= 11 is 0. The summed E-state index contributed by atoms with van der Waals surface area (Å²) in [5, 5.41) is 16.0. The van der Waals surface area contributed by atoms with Crippen LogP contribution in [0.25, 0.3) is 0 Å². The van der Waals surface area contributed by atoms with Gasteiger partial charge in [-0.25, -0.2) is 0 Å². The van der Waals surface area contributed by atoms with Crippen molar-refractivity contribution in [3.63, 3.8) is 0 Å². The van der Waals surface area contributed by atoms with E-state index in [1.165, 1.54) is 6.92 Å². The van der Waals surface area contributed by atoms with E-state index in [-0.39, 0.29) is 112 Å². The van der Waals surface area contributed by atoms with Gasteiger partial charge in [-0.05, 0) is 6.92 Å². The van der Waals surface area contributed by atoms with Crippen LogP contribution in [0.2, 0.25) is 0 Å². The van der Waals surface area contributed by atoms with Gasteiger partial charge in [0.25, 0.3) is 0 Å². The van der Waals surface area contributed by atoms with Gasteiger partial charge in [-0.2, -0.15) is 0 Å². The second-order valence-corrected chi connectivity index (χ2v) is 1.03. The van der Waals surface area contributed by atoms with Gasteiger partial charge in [0.2, 0.25) is 0 Å². The average Bonchev–Trinajstić information content (AvgIpc) is 1.38. The molecule has 1 unspecified atom stereocenters. The fourth-order valence-corrected chi connectivity index (χ4v) is 0. The van der Waals surface area contributed by atoms with Gasteiger partial charge < -0.3 is 13.1 Å². The van der Waals surface area contributed by atoms with E-state index < -0.39 is 6.10 Å². The summed E-state index contributed by atoms with van der Waals surface area (Å²) in [6, 6.07) is 0. The van der Waals surface area contributed by atoms with Gasteiger partial charge >= 0.3 is 103 Å². The summed E-state index contributed by atoms with van der Waals surface area (Å²) in [5.74, 6) is 0. The van der Waals surface area contributed by atoms with Crippen molar-refractivity contribution in [2.45, 2.75) is 13.0 Å². The van der Waals surface area contributed by atoms with Gasteiger partial charge in [-0.3, -0.25) is 0 Å². The molecule has 0 rings (SSSR count). The Labute approximate surface area is 132 Å². The third-order valence-electron chi connectivity index (χ3n) is 0.264. The van der Waals surface area contributed by atoms with E-state index in [1.54, 1.807) is 0 Å². The first kappa shape index (κ1) is 16.6. The van der Waals surface area contributed by atoms with Crippen molar-refractivity contribution in [2.75, 3.05) is 6.61 Å². The summed E-state index contributed by atoms with van der Waals surface area (Å²) in [6.45, 7) is 1.39. The standard InChI is InChI=1S/C3H8O2.2K.2H/c1-3(5)2-4;;;;/h3-5H,2H2,1H3;;;;/q;2*+1;2*-1. The molecule has 1 atom stereocenters. The zero-order chi connectivity index (χ0) is 4.28. The SMILES string of the molecule is CC(O)CO.[H-].[H-].[K+].[K+]. The molecule has 2 nitrogen and oxygen atoms in total. The Hall–Kier alpha value is 3.19. The van der Waals surface area contributed by atoms with Crippen molar-refractivity contribution in [3.8, 4) is 0 Å². The first-order chi connectivity index (χ1) is 2.27. The van der Waals surface area contributed by atoms with E-state index in [0.29, 0.717) is 0 Å². The van der Waals surface area contributed by atoms with Gasteiger partial charge in [0, 0.05) is 0 Å². The van der Waals surface area contributed by atoms with E-state index in [0.717, 1.165) is 0 Å². The monoisotopic (exact) mass is 156 g/mol. The largest absolute Gasteiger partial charge is 1.00 e. The molecule has 0 aliphatic rings. The number of hydrogen-bond acceptors (Lipinski definition) is 2. The Balaban J connectivity index is -0.0000000133. The molecular formula is C3H10K2O2. The van der Waals surface area contributed by atoms with E-state index in [2.05, 4.69) is 0 Å². The second-order valence-electron chi connectivity index (χ2n) is 1.03. The molecule has 0 saturated carbocycles. The van der Waals surface area contributed by atoms with Crippen LogP contribution in [-0.2, 0) is 0 Å². The summed E-state index contributed by atoms with van der Waals surface area (Å²) < 4.78 is 0. The molecule has 0 fully saturated rings. The predicted molar refractivity (Wildman–Crippen MR) is 21.0 cm³/mol. The van der Waals surface area contributed by atoms with Crippen LogP contribution < -0.4 is 103 Å². The molecule has 0 radical (unpaired) electrons. The number of aliphatic hydroxyl groups is 2. The van der Waals surface area contributed by atoms with Crippen LogP contribution in [0.15, 0.2) is 0 Å². The first-order valence-corrected chi connectivity index (χ1v) is 1.56. The van der Waals surface area contributed by atoms with Crippen molar-refractivity contribution in [1.82, 2.24) is 0 Å². The summed E-state index contributed by atoms with van der Waals surface area (Å²) in [5.41, 5.74) is 0. The smallest absolute Gasteiger partial charge is 1.00 e. The summed E-state index contributed by atoms with van der Waals surface area (Å²) in [4.78, 5) is 0. The number of hydrogen-bond donors (Lipinski definition) is 2. The number of aliphatic hydroxyl groups excluding tert-OH is 2. The van der Waals surface area contributed by atoms with Crippen molar-refractivity contribution in [2.24, 2.45) is 0 Å². The van der Waals surface area contributed by atoms with Crippen LogP contribution in [0.3, 0.4) is 0 Å². The van der Waals surface area contributed by atoms with Crippen molar-refractivity contribution < 1.29 is 116 Å². The molecule has 2 N–H and O–H groups in total. The average molecular weight is 156 g/mol. The molecule has 0 spiro atoms. The fourth-order valence-electron chi connectivity index (χ4n) is 0. The molecule has 36 valence electrons. The summed E-state index contributed by atoms with van der Waals surface area (Å²) in [6.07, 6.45) is -0.560. The maximum Gasteiger partial charge on any atom is 1.00 e. The fraction of sp³-hybridized carbons (Fsp3) is 1.00. The number of rotatable bonds is 1. The Morgan fingerprint density at radius 3 is 1.71 bits per heavy atom. The predicted octanol–water partition coefficient (Wildman–Crippen LogP) is -6.41. The van der Waals surface area contributed by atoms with Crippen LogP contribution >= 0.6 is 0 Å². The second kappa shape index (κ2) is 11.9. The van der Waals surface area contributed by atoms with Crippen molar-refractivity contribution >= 4 is 0 Å². The van der Waals surface area contributed by atoms with Crippen molar-refractivity contribution in [1.29, 1.82) is 0 Å². The van der Waals surface area contributed by atoms with Crippen LogP contribution in [0.1, 0.15) is 9.78 Å². The van der Waals surface area contributed by atoms with E-state index in [4.69, 9.17) is 10.2 Å². The molecule has 0 aromatic heterocycles. The summed E-state index contributed by atoms with van der Waals surface area (Å²) in [7, 11) is 0. The molecule has 0 saturated heterocycles. The molecule has 0 aromatic carbocycles. The molecule has 4 heteroatoms. The third-order valence-corrected chi connectivity index (χ3v) is 0.264. The first-order valence-electron chi connectivity index (χ1n) is 1.56. The topological polar surface area (TPSA) is 40.5 Å². The van der Waals surface area contributed by atoms with Crippen LogP contribution in [0.4, 0.5) is 0 Å². The molecule has 0 bridgehead atoms. The van der Waals surface area contributed by atoms with Gasteiger partial charge in [0.1, 0.15) is 0 Å². The maximum atomic E-state index is 8.11. The van der Waals surface area contributed by atoms with Gasteiger partial charge in [-0.15, -0.1) is 0 Å². The minimum Gasteiger partial charge on any atom is -1.00 e. The minimum atomic E-state index is -0.560. The Morgan fingerprint density at radius 2 is 1.71 bits per heavy atom. The molecule has 0 heterocycles. The van der Waals surface area contributed by atoms with Crippen molar-refractivity contribution in [3.05, 3.63) is 0 Å². The Bertz CT molecular complexity index is 31.8. The van der Waals surface area contributed by atoms with Crippen LogP contribution in [0.5, 0.6) is 0 Å². The van der Waals surface area contributed by atoms with E-state index in [1.807, 2.05) is 0 Å². The zero-order valence-electron chi connectivity index (χ0n) is 7.18. The van der Waals surface area contributed by atoms with E-state index >= 15 is 0 Å². The third kappa shape index (κ3) is 17.6. The normalized spacial score (nSPS) is 10.7. The van der Waals surface area contributed by atoms with Gasteiger partial charge in [0.05, 0.1) is 12.7 Å². The van der Waals surface area contributed by atoms with Crippen LogP contribution in [0, 0.1) is 0 Å². The zero-order valence-corrected chi connectivity index (χ0v) is 11.4. The molecule has 0 aliphatic carbocycles. The van der Waals surface area contributed by atoms with Gasteiger partial charge in [-0.1, -0.05) is 0 Å². The quantitative estimate of drug-likeness (QED) is 0.371. The molecule has 0 aromatic rings. The van der Waals surface area contributed by atoms with Crippen LogP contribution in [-0.4, -0.2) is 22.9 Å². The Morgan fingerprint density at radius 1 is 1.57 bits per heavy atom. The molecular weight excluding hydrogens is 146 g/mol. The Kier molecular flexibility index (Phi) is 28.4. The minimum absolute atomic E-state index is 0.